The molecule has 0 aliphatic carbocycles. The second-order valence-electron chi connectivity index (χ2n) is 6.01. The van der Waals surface area contributed by atoms with Crippen molar-refractivity contribution in [2.75, 3.05) is 11.5 Å². The summed E-state index contributed by atoms with van der Waals surface area (Å²) in [6, 6.07) is 3.48. The molecule has 2 aromatic heterocycles. The number of nitriles is 1. The number of sulfone groups is 1. The highest BCUT2D eigenvalue weighted by Gasteiger charge is 2.31. The summed E-state index contributed by atoms with van der Waals surface area (Å²) in [4.78, 5) is 16.3. The number of hydrogen-bond acceptors (Lipinski definition) is 6. The summed E-state index contributed by atoms with van der Waals surface area (Å²) in [7, 11) is -3.00. The normalized spacial score (nSPS) is 19.3. The fourth-order valence-corrected chi connectivity index (χ4v) is 4.95. The van der Waals surface area contributed by atoms with Crippen molar-refractivity contribution in [3.8, 4) is 6.07 Å². The summed E-state index contributed by atoms with van der Waals surface area (Å²) in [5.41, 5.74) is 2.18. The van der Waals surface area contributed by atoms with Gasteiger partial charge in [-0.2, -0.15) is 5.26 Å². The van der Waals surface area contributed by atoms with E-state index in [0.29, 0.717) is 12.0 Å². The molecule has 0 N–H and O–H groups in total. The van der Waals surface area contributed by atoms with Crippen LogP contribution in [0.25, 0.3) is 0 Å². The number of rotatable bonds is 4. The lowest BCUT2D eigenvalue weighted by Gasteiger charge is -2.16. The largest absolute Gasteiger partial charge is 0.344 e. The Morgan fingerprint density at radius 2 is 2.21 bits per heavy atom. The van der Waals surface area contributed by atoms with E-state index in [1.54, 1.807) is 6.07 Å². The summed E-state index contributed by atoms with van der Waals surface area (Å²) < 4.78 is 26.7. The maximum absolute atomic E-state index is 12.5. The van der Waals surface area contributed by atoms with E-state index >= 15 is 0 Å². The molecule has 1 fully saturated rings. The molecule has 24 heavy (non-hydrogen) atoms. The first kappa shape index (κ1) is 16.4. The van der Waals surface area contributed by atoms with Gasteiger partial charge in [0.15, 0.2) is 15.6 Å². The molecule has 0 saturated carbocycles. The second kappa shape index (κ2) is 5.87. The highest BCUT2D eigenvalue weighted by atomic mass is 32.2. The SMILES string of the molecule is Cc1cc(C(=O)Cn2cnc(C#N)n2)c(C)n1[C@H]1CCS(=O)(=O)C1. The van der Waals surface area contributed by atoms with Crippen LogP contribution in [0.4, 0.5) is 0 Å². The lowest BCUT2D eigenvalue weighted by atomic mass is 10.1. The summed E-state index contributed by atoms with van der Waals surface area (Å²) in [6.07, 6.45) is 1.92. The van der Waals surface area contributed by atoms with Crippen LogP contribution < -0.4 is 0 Å². The standard InChI is InChI=1S/C15H17N5O3S/c1-10-5-13(14(21)7-19-9-17-15(6-16)18-19)11(2)20(10)12-3-4-24(22,23)8-12/h5,9,12H,3-4,7-8H2,1-2H3/t12-/m0/s1. The molecule has 1 saturated heterocycles. The minimum Gasteiger partial charge on any atom is -0.344 e. The van der Waals surface area contributed by atoms with Gasteiger partial charge in [-0.25, -0.2) is 18.1 Å². The Bertz CT molecular complexity index is 948. The van der Waals surface area contributed by atoms with Crippen molar-refractivity contribution in [1.82, 2.24) is 19.3 Å². The maximum atomic E-state index is 12.5. The molecule has 2 aromatic rings. The van der Waals surface area contributed by atoms with Crippen molar-refractivity contribution >= 4 is 15.6 Å². The van der Waals surface area contributed by atoms with Crippen molar-refractivity contribution in [1.29, 1.82) is 5.26 Å². The van der Waals surface area contributed by atoms with Crippen molar-refractivity contribution in [2.45, 2.75) is 32.9 Å². The van der Waals surface area contributed by atoms with E-state index in [1.807, 2.05) is 24.5 Å². The van der Waals surface area contributed by atoms with Gasteiger partial charge in [-0.15, -0.1) is 5.10 Å². The maximum Gasteiger partial charge on any atom is 0.252 e. The van der Waals surface area contributed by atoms with Crippen LogP contribution in [-0.4, -0.2) is 45.0 Å². The third-order valence-corrected chi connectivity index (χ3v) is 6.05. The van der Waals surface area contributed by atoms with E-state index < -0.39 is 9.84 Å². The molecule has 0 radical (unpaired) electrons. The van der Waals surface area contributed by atoms with Gasteiger partial charge in [-0.1, -0.05) is 0 Å². The van der Waals surface area contributed by atoms with Crippen molar-refractivity contribution in [2.24, 2.45) is 0 Å². The number of aryl methyl sites for hydroxylation is 1. The molecule has 0 amide bonds. The quantitative estimate of drug-likeness (QED) is 0.757. The first-order chi connectivity index (χ1) is 11.3. The molecule has 3 heterocycles. The van der Waals surface area contributed by atoms with Crippen LogP contribution in [0.3, 0.4) is 0 Å². The molecule has 8 nitrogen and oxygen atoms in total. The minimum atomic E-state index is -3.00. The Kier molecular flexibility index (Phi) is 4.01. The number of carbonyl (C=O) groups excluding carboxylic acids is 1. The molecule has 9 heteroatoms. The van der Waals surface area contributed by atoms with Gasteiger partial charge < -0.3 is 4.57 Å². The van der Waals surface area contributed by atoms with E-state index in [2.05, 4.69) is 10.1 Å². The van der Waals surface area contributed by atoms with Crippen molar-refractivity contribution < 1.29 is 13.2 Å². The van der Waals surface area contributed by atoms with Gasteiger partial charge in [0.05, 0.1) is 11.5 Å². The van der Waals surface area contributed by atoms with E-state index in [0.717, 1.165) is 11.4 Å². The van der Waals surface area contributed by atoms with E-state index in [-0.39, 0.29) is 35.7 Å². The van der Waals surface area contributed by atoms with Crippen molar-refractivity contribution in [3.63, 3.8) is 0 Å². The molecule has 126 valence electrons. The van der Waals surface area contributed by atoms with Crippen LogP contribution in [0, 0.1) is 25.2 Å². The van der Waals surface area contributed by atoms with Crippen LogP contribution in [0.1, 0.15) is 40.0 Å². The number of hydrogen-bond donors (Lipinski definition) is 0. The van der Waals surface area contributed by atoms with Crippen LogP contribution in [0.5, 0.6) is 0 Å². The predicted molar refractivity (Wildman–Crippen MR) is 85.3 cm³/mol. The molecular weight excluding hydrogens is 330 g/mol. The number of ketones is 1. The van der Waals surface area contributed by atoms with E-state index in [1.165, 1.54) is 11.0 Å². The van der Waals surface area contributed by atoms with Crippen LogP contribution in [0.2, 0.25) is 0 Å². The first-order valence-corrected chi connectivity index (χ1v) is 9.34. The minimum absolute atomic E-state index is 0.0120. The molecule has 1 atom stereocenters. The van der Waals surface area contributed by atoms with Crippen LogP contribution >= 0.6 is 0 Å². The van der Waals surface area contributed by atoms with Gasteiger partial charge in [0.2, 0.25) is 0 Å². The third kappa shape index (κ3) is 2.97. The zero-order valence-corrected chi connectivity index (χ0v) is 14.2. The number of nitrogens with zero attached hydrogens (tertiary/aromatic N) is 5. The van der Waals surface area contributed by atoms with Gasteiger partial charge in [-0.05, 0) is 26.3 Å². The Balaban J connectivity index is 1.86. The highest BCUT2D eigenvalue weighted by molar-refractivity contribution is 7.91. The monoisotopic (exact) mass is 347 g/mol. The Hall–Kier alpha value is -2.47. The van der Waals surface area contributed by atoms with Gasteiger partial charge in [0.1, 0.15) is 18.9 Å². The number of carbonyl (C=O) groups is 1. The molecular formula is C15H17N5O3S. The Morgan fingerprint density at radius 3 is 2.79 bits per heavy atom. The van der Waals surface area contributed by atoms with E-state index in [9.17, 15) is 13.2 Å². The van der Waals surface area contributed by atoms with Crippen LogP contribution in [0.15, 0.2) is 12.4 Å². The lowest BCUT2D eigenvalue weighted by molar-refractivity contribution is 0.0966. The summed E-state index contributed by atoms with van der Waals surface area (Å²) >= 11 is 0. The van der Waals surface area contributed by atoms with Gasteiger partial charge >= 0.3 is 0 Å². The molecule has 1 aliphatic rings. The second-order valence-corrected chi connectivity index (χ2v) is 8.24. The fourth-order valence-electron chi connectivity index (χ4n) is 3.25. The van der Waals surface area contributed by atoms with Gasteiger partial charge in [0, 0.05) is 23.0 Å². The zero-order valence-electron chi connectivity index (χ0n) is 13.4. The third-order valence-electron chi connectivity index (χ3n) is 4.30. The highest BCUT2D eigenvalue weighted by Crippen LogP contribution is 2.29. The first-order valence-electron chi connectivity index (χ1n) is 7.52. The summed E-state index contributed by atoms with van der Waals surface area (Å²) in [5.74, 6) is 0.175. The molecule has 0 bridgehead atoms. The number of Topliss-reactive ketones (excluding diaryl/α,β-unsaturated/α-hetero) is 1. The molecule has 1 aliphatic heterocycles. The molecule has 0 aromatic carbocycles. The smallest absolute Gasteiger partial charge is 0.252 e. The summed E-state index contributed by atoms with van der Waals surface area (Å²) in [6.45, 7) is 3.69. The van der Waals surface area contributed by atoms with E-state index in [4.69, 9.17) is 5.26 Å². The Morgan fingerprint density at radius 1 is 1.46 bits per heavy atom. The Labute approximate surface area is 139 Å². The zero-order chi connectivity index (χ0) is 17.5. The summed E-state index contributed by atoms with van der Waals surface area (Å²) in [5, 5.41) is 12.6. The predicted octanol–water partition coefficient (Wildman–Crippen LogP) is 0.811. The number of aromatic nitrogens is 4. The van der Waals surface area contributed by atoms with Crippen molar-refractivity contribution in [3.05, 3.63) is 35.2 Å². The molecule has 0 spiro atoms. The topological polar surface area (TPSA) is 111 Å². The van der Waals surface area contributed by atoms with Gasteiger partial charge in [-0.3, -0.25) is 4.79 Å². The molecule has 0 unspecified atom stereocenters. The fraction of sp³-hybridized carbons (Fsp3) is 0.467. The average molecular weight is 347 g/mol. The van der Waals surface area contributed by atoms with Crippen LogP contribution in [-0.2, 0) is 16.4 Å². The lowest BCUT2D eigenvalue weighted by Crippen LogP contribution is -2.16. The average Bonchev–Trinajstić information content (AvgIpc) is 3.17. The molecule has 3 rings (SSSR count). The van der Waals surface area contributed by atoms with Gasteiger partial charge in [0.25, 0.3) is 5.82 Å².